The SMILES string of the molecule is N#Cc1cnc2ccccc2c1Oc1cccnc1. The van der Waals surface area contributed by atoms with Crippen LogP contribution >= 0.6 is 0 Å². The quantitative estimate of drug-likeness (QED) is 0.697. The number of hydrogen-bond donors (Lipinski definition) is 0. The minimum atomic E-state index is 0.405. The maximum atomic E-state index is 9.17. The Balaban J connectivity index is 2.18. The average Bonchev–Trinajstić information content (AvgIpc) is 2.49. The molecule has 0 N–H and O–H groups in total. The van der Waals surface area contributed by atoms with Gasteiger partial charge in [0.2, 0.25) is 0 Å². The Kier molecular flexibility index (Phi) is 2.79. The van der Waals surface area contributed by atoms with Gasteiger partial charge in [0, 0.05) is 17.8 Å². The van der Waals surface area contributed by atoms with E-state index < -0.39 is 0 Å². The summed E-state index contributed by atoms with van der Waals surface area (Å²) in [5, 5.41) is 9.98. The number of para-hydroxylation sites is 1. The Bertz CT molecular complexity index is 763. The van der Waals surface area contributed by atoms with E-state index in [2.05, 4.69) is 16.0 Å². The van der Waals surface area contributed by atoms with Crippen LogP contribution in [0.5, 0.6) is 11.5 Å². The van der Waals surface area contributed by atoms with E-state index in [0.717, 1.165) is 10.9 Å². The molecule has 0 unspecified atom stereocenters. The van der Waals surface area contributed by atoms with Gasteiger partial charge < -0.3 is 4.74 Å². The Morgan fingerprint density at radius 2 is 1.95 bits per heavy atom. The highest BCUT2D eigenvalue weighted by atomic mass is 16.5. The van der Waals surface area contributed by atoms with Crippen LogP contribution in [0.25, 0.3) is 10.9 Å². The summed E-state index contributed by atoms with van der Waals surface area (Å²) >= 11 is 0. The molecular weight excluding hydrogens is 238 g/mol. The molecule has 2 heterocycles. The van der Waals surface area contributed by atoms with Gasteiger partial charge in [0.1, 0.15) is 17.4 Å². The molecule has 4 heteroatoms. The molecule has 0 saturated carbocycles. The van der Waals surface area contributed by atoms with Crippen LogP contribution in [0.3, 0.4) is 0 Å². The molecule has 3 rings (SSSR count). The van der Waals surface area contributed by atoms with Gasteiger partial charge in [-0.25, -0.2) is 0 Å². The third-order valence-corrected chi connectivity index (χ3v) is 2.70. The van der Waals surface area contributed by atoms with Crippen LogP contribution in [0.1, 0.15) is 5.56 Å². The molecule has 90 valence electrons. The lowest BCUT2D eigenvalue weighted by Crippen LogP contribution is -1.92. The molecule has 3 aromatic rings. The number of fused-ring (bicyclic) bond motifs is 1. The number of aromatic nitrogens is 2. The summed E-state index contributed by atoms with van der Waals surface area (Å²) in [4.78, 5) is 8.23. The molecular formula is C15H9N3O. The molecule has 0 aliphatic heterocycles. The molecule has 2 aromatic heterocycles. The van der Waals surface area contributed by atoms with E-state index in [1.807, 2.05) is 24.3 Å². The van der Waals surface area contributed by atoms with E-state index in [0.29, 0.717) is 17.1 Å². The van der Waals surface area contributed by atoms with E-state index in [-0.39, 0.29) is 0 Å². The first-order valence-corrected chi connectivity index (χ1v) is 5.74. The third kappa shape index (κ3) is 2.09. The lowest BCUT2D eigenvalue weighted by molar-refractivity contribution is 0.484. The van der Waals surface area contributed by atoms with E-state index in [4.69, 9.17) is 4.74 Å². The van der Waals surface area contributed by atoms with Gasteiger partial charge in [-0.15, -0.1) is 0 Å². The summed E-state index contributed by atoms with van der Waals surface area (Å²) in [6.45, 7) is 0. The topological polar surface area (TPSA) is 58.8 Å². The molecule has 0 atom stereocenters. The van der Waals surface area contributed by atoms with Crippen LogP contribution in [-0.2, 0) is 0 Å². The summed E-state index contributed by atoms with van der Waals surface area (Å²) in [6, 6.07) is 13.2. The maximum absolute atomic E-state index is 9.17. The van der Waals surface area contributed by atoms with Crippen molar-refractivity contribution in [1.82, 2.24) is 9.97 Å². The van der Waals surface area contributed by atoms with Gasteiger partial charge in [-0.2, -0.15) is 5.26 Å². The number of ether oxygens (including phenoxy) is 1. The van der Waals surface area contributed by atoms with E-state index in [9.17, 15) is 5.26 Å². The van der Waals surface area contributed by atoms with E-state index in [1.165, 1.54) is 6.20 Å². The molecule has 0 amide bonds. The molecule has 0 aliphatic rings. The first-order chi connectivity index (χ1) is 9.38. The summed E-state index contributed by atoms with van der Waals surface area (Å²) in [6.07, 6.45) is 4.80. The van der Waals surface area contributed by atoms with E-state index >= 15 is 0 Å². The van der Waals surface area contributed by atoms with Gasteiger partial charge in [0.15, 0.2) is 5.75 Å². The number of pyridine rings is 2. The van der Waals surface area contributed by atoms with Crippen LogP contribution in [0.2, 0.25) is 0 Å². The van der Waals surface area contributed by atoms with Crippen molar-refractivity contribution in [3.63, 3.8) is 0 Å². The van der Waals surface area contributed by atoms with Crippen molar-refractivity contribution < 1.29 is 4.74 Å². The zero-order chi connectivity index (χ0) is 13.1. The number of rotatable bonds is 2. The predicted octanol–water partition coefficient (Wildman–Crippen LogP) is 3.29. The molecule has 0 fully saturated rings. The van der Waals surface area contributed by atoms with Crippen LogP contribution in [0, 0.1) is 11.3 Å². The Hall–Kier alpha value is -2.93. The molecule has 0 bridgehead atoms. The summed E-state index contributed by atoms with van der Waals surface area (Å²) in [7, 11) is 0. The molecule has 0 spiro atoms. The van der Waals surface area contributed by atoms with Crippen molar-refractivity contribution in [3.8, 4) is 17.6 Å². The first kappa shape index (κ1) is 11.2. The van der Waals surface area contributed by atoms with Crippen molar-refractivity contribution in [2.75, 3.05) is 0 Å². The molecule has 0 saturated heterocycles. The summed E-state index contributed by atoms with van der Waals surface area (Å²) in [5.74, 6) is 1.11. The summed E-state index contributed by atoms with van der Waals surface area (Å²) in [5.41, 5.74) is 1.20. The van der Waals surface area contributed by atoms with Crippen molar-refractivity contribution in [2.45, 2.75) is 0 Å². The Morgan fingerprint density at radius 1 is 1.05 bits per heavy atom. The highest BCUT2D eigenvalue weighted by molar-refractivity contribution is 5.87. The van der Waals surface area contributed by atoms with Crippen molar-refractivity contribution in [2.24, 2.45) is 0 Å². The zero-order valence-corrected chi connectivity index (χ0v) is 9.95. The molecule has 4 nitrogen and oxygen atoms in total. The minimum Gasteiger partial charge on any atom is -0.454 e. The van der Waals surface area contributed by atoms with Crippen molar-refractivity contribution in [1.29, 1.82) is 5.26 Å². The lowest BCUT2D eigenvalue weighted by Gasteiger charge is -2.09. The second kappa shape index (κ2) is 4.75. The predicted molar refractivity (Wildman–Crippen MR) is 70.8 cm³/mol. The molecule has 19 heavy (non-hydrogen) atoms. The smallest absolute Gasteiger partial charge is 0.156 e. The fourth-order valence-electron chi connectivity index (χ4n) is 1.83. The van der Waals surface area contributed by atoms with Gasteiger partial charge in [-0.3, -0.25) is 9.97 Å². The Labute approximate surface area is 109 Å². The van der Waals surface area contributed by atoms with Gasteiger partial charge in [0.05, 0.1) is 11.7 Å². The fraction of sp³-hybridized carbons (Fsp3) is 0. The number of hydrogen-bond acceptors (Lipinski definition) is 4. The summed E-state index contributed by atoms with van der Waals surface area (Å²) < 4.78 is 5.79. The second-order valence-electron chi connectivity index (χ2n) is 3.92. The fourth-order valence-corrected chi connectivity index (χ4v) is 1.83. The van der Waals surface area contributed by atoms with Gasteiger partial charge >= 0.3 is 0 Å². The maximum Gasteiger partial charge on any atom is 0.156 e. The molecule has 0 radical (unpaired) electrons. The van der Waals surface area contributed by atoms with Crippen LogP contribution in [0.4, 0.5) is 0 Å². The van der Waals surface area contributed by atoms with Crippen LogP contribution in [0.15, 0.2) is 55.0 Å². The van der Waals surface area contributed by atoms with Gasteiger partial charge in [0.25, 0.3) is 0 Å². The Morgan fingerprint density at radius 3 is 2.74 bits per heavy atom. The lowest BCUT2D eigenvalue weighted by atomic mass is 10.1. The minimum absolute atomic E-state index is 0.405. The monoisotopic (exact) mass is 247 g/mol. The van der Waals surface area contributed by atoms with Crippen molar-refractivity contribution in [3.05, 3.63) is 60.6 Å². The van der Waals surface area contributed by atoms with E-state index in [1.54, 1.807) is 24.5 Å². The van der Waals surface area contributed by atoms with Gasteiger partial charge in [-0.05, 0) is 24.3 Å². The molecule has 0 aliphatic carbocycles. The first-order valence-electron chi connectivity index (χ1n) is 5.74. The normalized spacial score (nSPS) is 10.1. The van der Waals surface area contributed by atoms with Crippen molar-refractivity contribution >= 4 is 10.9 Å². The number of benzene rings is 1. The standard InChI is InChI=1S/C15H9N3O/c16-8-11-9-18-14-6-2-1-5-13(14)15(11)19-12-4-3-7-17-10-12/h1-7,9-10H. The van der Waals surface area contributed by atoms with Crippen LogP contribution < -0.4 is 4.74 Å². The van der Waals surface area contributed by atoms with Gasteiger partial charge in [-0.1, -0.05) is 12.1 Å². The largest absolute Gasteiger partial charge is 0.454 e. The van der Waals surface area contributed by atoms with Crippen LogP contribution in [-0.4, -0.2) is 9.97 Å². The third-order valence-electron chi connectivity index (χ3n) is 2.70. The average molecular weight is 247 g/mol. The number of nitrogens with zero attached hydrogens (tertiary/aromatic N) is 3. The molecule has 1 aromatic carbocycles. The second-order valence-corrected chi connectivity index (χ2v) is 3.92. The number of nitriles is 1. The zero-order valence-electron chi connectivity index (χ0n) is 9.95. The highest BCUT2D eigenvalue weighted by Gasteiger charge is 2.10. The highest BCUT2D eigenvalue weighted by Crippen LogP contribution is 2.31.